The number of hydrogen-bond acceptors (Lipinski definition) is 6. The van der Waals surface area contributed by atoms with Crippen molar-refractivity contribution in [1.82, 2.24) is 25.2 Å². The Morgan fingerprint density at radius 3 is 2.62 bits per heavy atom. The highest BCUT2D eigenvalue weighted by Gasteiger charge is 2.36. The van der Waals surface area contributed by atoms with Crippen LogP contribution in [0.3, 0.4) is 0 Å². The number of benzene rings is 2. The van der Waals surface area contributed by atoms with Gasteiger partial charge >= 0.3 is 0 Å². The number of methoxy groups -OCH3 is 1. The molecule has 0 fully saturated rings. The van der Waals surface area contributed by atoms with Crippen molar-refractivity contribution in [3.8, 4) is 5.75 Å². The summed E-state index contributed by atoms with van der Waals surface area (Å²) in [6.45, 7) is 7.78. The average Bonchev–Trinajstić information content (AvgIpc) is 3.49. The van der Waals surface area contributed by atoms with Gasteiger partial charge in [0.2, 0.25) is 5.91 Å². The Morgan fingerprint density at radius 2 is 1.92 bits per heavy atom. The number of fused-ring (bicyclic) bond motifs is 1. The molecule has 9 heteroatoms. The molecule has 2 heterocycles. The van der Waals surface area contributed by atoms with E-state index in [1.807, 2.05) is 76.2 Å². The minimum Gasteiger partial charge on any atom is -0.497 e. The van der Waals surface area contributed by atoms with Crippen LogP contribution in [0.5, 0.6) is 5.75 Å². The van der Waals surface area contributed by atoms with Gasteiger partial charge in [-0.25, -0.2) is 4.68 Å². The van der Waals surface area contributed by atoms with Crippen molar-refractivity contribution in [2.45, 2.75) is 58.8 Å². The van der Waals surface area contributed by atoms with Gasteiger partial charge in [0.25, 0.3) is 5.91 Å². The predicted molar refractivity (Wildman–Crippen MR) is 140 cm³/mol. The summed E-state index contributed by atoms with van der Waals surface area (Å²) in [7, 11) is 1.59. The predicted octanol–water partition coefficient (Wildman–Crippen LogP) is 4.42. The first kappa shape index (κ1) is 25.9. The molecule has 4 rings (SSSR count). The summed E-state index contributed by atoms with van der Waals surface area (Å²) < 4.78 is 12.9. The maximum absolute atomic E-state index is 14.0. The number of carbonyl (C=O) groups excluding carboxylic acids is 2. The van der Waals surface area contributed by atoms with Gasteiger partial charge in [0.05, 0.1) is 12.6 Å². The van der Waals surface area contributed by atoms with E-state index in [1.54, 1.807) is 23.9 Å². The van der Waals surface area contributed by atoms with E-state index < -0.39 is 11.6 Å². The minimum absolute atomic E-state index is 0.0921. The molecule has 0 spiro atoms. The van der Waals surface area contributed by atoms with Crippen molar-refractivity contribution >= 4 is 22.8 Å². The van der Waals surface area contributed by atoms with Gasteiger partial charge in [-0.05, 0) is 69.2 Å². The molecule has 2 aromatic heterocycles. The van der Waals surface area contributed by atoms with Gasteiger partial charge in [-0.1, -0.05) is 36.4 Å². The molecule has 0 radical (unpaired) electrons. The minimum atomic E-state index is -0.993. The second-order valence-electron chi connectivity index (χ2n) is 9.69. The summed E-state index contributed by atoms with van der Waals surface area (Å²) >= 11 is 0. The number of amides is 2. The molecule has 0 aliphatic rings. The molecule has 0 saturated carbocycles. The molecule has 0 bridgehead atoms. The Morgan fingerprint density at radius 1 is 1.14 bits per heavy atom. The van der Waals surface area contributed by atoms with E-state index in [1.165, 1.54) is 4.90 Å². The Bertz CT molecular complexity index is 1390. The second-order valence-corrected chi connectivity index (χ2v) is 9.69. The van der Waals surface area contributed by atoms with E-state index in [0.717, 1.165) is 17.5 Å². The Kier molecular flexibility index (Phi) is 7.61. The fourth-order valence-electron chi connectivity index (χ4n) is 4.06. The first-order valence-corrected chi connectivity index (χ1v) is 12.3. The Labute approximate surface area is 216 Å². The molecule has 4 aromatic rings. The third kappa shape index (κ3) is 5.99. The summed E-state index contributed by atoms with van der Waals surface area (Å²) in [5.74, 6) is 1.08. The lowest BCUT2D eigenvalue weighted by atomic mass is 10.0. The third-order valence-corrected chi connectivity index (χ3v) is 6.45. The van der Waals surface area contributed by atoms with Crippen LogP contribution in [-0.2, 0) is 22.7 Å². The van der Waals surface area contributed by atoms with Crippen LogP contribution >= 0.6 is 0 Å². The summed E-state index contributed by atoms with van der Waals surface area (Å²) in [6.07, 6.45) is 0.720. The van der Waals surface area contributed by atoms with Crippen LogP contribution in [0.1, 0.15) is 50.3 Å². The number of nitrogens with zero attached hydrogens (tertiary/aromatic N) is 4. The molecule has 2 aromatic carbocycles. The van der Waals surface area contributed by atoms with Gasteiger partial charge in [-0.3, -0.25) is 9.59 Å². The SMILES string of the molecule is CCC(C)(C)NC(=O)[C@@H](c1ccc(C)o1)N(Cc1cccc(OC)c1)C(=O)Cn1nnc2ccccc21. The first-order valence-electron chi connectivity index (χ1n) is 12.3. The van der Waals surface area contributed by atoms with E-state index in [-0.39, 0.29) is 24.9 Å². The average molecular weight is 504 g/mol. The highest BCUT2D eigenvalue weighted by molar-refractivity contribution is 5.89. The molecule has 9 nitrogen and oxygen atoms in total. The molecular weight excluding hydrogens is 470 g/mol. The fourth-order valence-corrected chi connectivity index (χ4v) is 4.06. The monoisotopic (exact) mass is 503 g/mol. The van der Waals surface area contributed by atoms with Gasteiger partial charge in [0.1, 0.15) is 29.3 Å². The number of rotatable bonds is 10. The molecule has 1 atom stereocenters. The number of hydrogen-bond donors (Lipinski definition) is 1. The van der Waals surface area contributed by atoms with Gasteiger partial charge < -0.3 is 19.4 Å². The van der Waals surface area contributed by atoms with E-state index in [2.05, 4.69) is 15.6 Å². The zero-order chi connectivity index (χ0) is 26.6. The van der Waals surface area contributed by atoms with Gasteiger partial charge in [-0.2, -0.15) is 0 Å². The van der Waals surface area contributed by atoms with Crippen molar-refractivity contribution < 1.29 is 18.7 Å². The van der Waals surface area contributed by atoms with Gasteiger partial charge in [0, 0.05) is 12.1 Å². The van der Waals surface area contributed by atoms with Crippen LogP contribution in [-0.4, -0.2) is 44.4 Å². The fraction of sp³-hybridized carbons (Fsp3) is 0.357. The second kappa shape index (κ2) is 10.9. The lowest BCUT2D eigenvalue weighted by Gasteiger charge is -2.33. The highest BCUT2D eigenvalue weighted by atomic mass is 16.5. The molecule has 0 saturated heterocycles. The molecule has 194 valence electrons. The maximum Gasteiger partial charge on any atom is 0.251 e. The standard InChI is InChI=1S/C28H33N5O4/c1-6-28(3,4)29-27(35)26(24-15-14-19(2)37-24)32(17-20-10-9-11-21(16-20)36-5)25(34)18-33-23-13-8-7-12-22(23)30-31-33/h7-16,26H,6,17-18H2,1-5H3,(H,29,35)/t26-/m1/s1. The lowest BCUT2D eigenvalue weighted by molar-refractivity contribution is -0.143. The smallest absolute Gasteiger partial charge is 0.251 e. The highest BCUT2D eigenvalue weighted by Crippen LogP contribution is 2.28. The largest absolute Gasteiger partial charge is 0.497 e. The zero-order valence-electron chi connectivity index (χ0n) is 21.9. The third-order valence-electron chi connectivity index (χ3n) is 6.45. The van der Waals surface area contributed by atoms with Crippen LogP contribution in [0.4, 0.5) is 0 Å². The van der Waals surface area contributed by atoms with Crippen LogP contribution in [0.2, 0.25) is 0 Å². The van der Waals surface area contributed by atoms with Crippen LogP contribution in [0.15, 0.2) is 65.1 Å². The van der Waals surface area contributed by atoms with Crippen molar-refractivity contribution in [2.24, 2.45) is 0 Å². The van der Waals surface area contributed by atoms with Crippen LogP contribution in [0.25, 0.3) is 11.0 Å². The van der Waals surface area contributed by atoms with Crippen molar-refractivity contribution in [3.63, 3.8) is 0 Å². The maximum atomic E-state index is 14.0. The molecular formula is C28H33N5O4. The number of furan rings is 1. The zero-order valence-corrected chi connectivity index (χ0v) is 21.9. The lowest BCUT2D eigenvalue weighted by Crippen LogP contribution is -2.50. The van der Waals surface area contributed by atoms with Gasteiger partial charge in [0.15, 0.2) is 6.04 Å². The number of carbonyl (C=O) groups is 2. The summed E-state index contributed by atoms with van der Waals surface area (Å²) in [4.78, 5) is 29.3. The Hall–Kier alpha value is -4.14. The summed E-state index contributed by atoms with van der Waals surface area (Å²) in [5.41, 5.74) is 1.77. The number of para-hydroxylation sites is 1. The quantitative estimate of drug-likeness (QED) is 0.344. The van der Waals surface area contributed by atoms with Gasteiger partial charge in [-0.15, -0.1) is 5.10 Å². The van der Waals surface area contributed by atoms with E-state index >= 15 is 0 Å². The van der Waals surface area contributed by atoms with Crippen molar-refractivity contribution in [3.05, 3.63) is 77.7 Å². The molecule has 1 N–H and O–H groups in total. The summed E-state index contributed by atoms with van der Waals surface area (Å²) in [5, 5.41) is 11.4. The van der Waals surface area contributed by atoms with Crippen LogP contribution < -0.4 is 10.1 Å². The summed E-state index contributed by atoms with van der Waals surface area (Å²) in [6, 6.07) is 17.4. The number of ether oxygens (including phenoxy) is 1. The Balaban J connectivity index is 1.76. The van der Waals surface area contributed by atoms with E-state index in [0.29, 0.717) is 22.8 Å². The van der Waals surface area contributed by atoms with E-state index in [9.17, 15) is 9.59 Å². The van der Waals surface area contributed by atoms with Crippen molar-refractivity contribution in [2.75, 3.05) is 7.11 Å². The van der Waals surface area contributed by atoms with E-state index in [4.69, 9.17) is 9.15 Å². The number of nitrogens with one attached hydrogen (secondary N) is 1. The molecule has 2 amide bonds. The van der Waals surface area contributed by atoms with Crippen LogP contribution in [0, 0.1) is 6.92 Å². The normalized spacial score (nSPS) is 12.4. The molecule has 37 heavy (non-hydrogen) atoms. The number of aryl methyl sites for hydroxylation is 1. The molecule has 0 unspecified atom stereocenters. The molecule has 0 aliphatic heterocycles. The topological polar surface area (TPSA) is 102 Å². The molecule has 0 aliphatic carbocycles. The first-order chi connectivity index (χ1) is 17.7. The van der Waals surface area contributed by atoms with Crippen molar-refractivity contribution in [1.29, 1.82) is 0 Å². The number of aromatic nitrogens is 3.